The standard InChI is InChI=1S/C21H21F5N6O3/c1-9-3-12(17(33)28-11-4-13(22)16(24)14(23)5-11)10(2)32(9)19(35)18(34)29-20(7-21(25,26)8-20)15-6-27-31-30-15/h4-6,9-10,12H,3,7-8H2,1-2H3,(H,28,33)(H,29,34)(H,27,30,31)/t9-,10-,12-/m0/s1. The molecule has 2 aromatic rings. The van der Waals surface area contributed by atoms with Gasteiger partial charge in [0.15, 0.2) is 17.5 Å². The van der Waals surface area contributed by atoms with Crippen molar-refractivity contribution >= 4 is 23.4 Å². The smallest absolute Gasteiger partial charge is 0.312 e. The highest BCUT2D eigenvalue weighted by molar-refractivity contribution is 6.35. The molecule has 9 nitrogen and oxygen atoms in total. The zero-order valence-electron chi connectivity index (χ0n) is 18.5. The van der Waals surface area contributed by atoms with Crippen molar-refractivity contribution in [3.63, 3.8) is 0 Å². The molecule has 1 aromatic heterocycles. The van der Waals surface area contributed by atoms with E-state index in [2.05, 4.69) is 26.0 Å². The van der Waals surface area contributed by atoms with E-state index in [0.29, 0.717) is 12.1 Å². The third-order valence-corrected chi connectivity index (χ3v) is 6.49. The Balaban J connectivity index is 1.46. The fourth-order valence-electron chi connectivity index (χ4n) is 4.84. The molecule has 1 saturated heterocycles. The average molecular weight is 500 g/mol. The van der Waals surface area contributed by atoms with Crippen LogP contribution in [0.1, 0.15) is 38.8 Å². The fraction of sp³-hybridized carbons (Fsp3) is 0.476. The lowest BCUT2D eigenvalue weighted by Crippen LogP contribution is -2.62. The second-order valence-electron chi connectivity index (χ2n) is 8.99. The maximum atomic E-state index is 13.7. The predicted molar refractivity (Wildman–Crippen MR) is 109 cm³/mol. The number of amides is 3. The van der Waals surface area contributed by atoms with Gasteiger partial charge in [0.05, 0.1) is 11.5 Å². The van der Waals surface area contributed by atoms with Gasteiger partial charge in [0, 0.05) is 48.9 Å². The summed E-state index contributed by atoms with van der Waals surface area (Å²) in [6.45, 7) is 3.10. The van der Waals surface area contributed by atoms with Crippen LogP contribution in [-0.2, 0) is 19.9 Å². The lowest BCUT2D eigenvalue weighted by Gasteiger charge is -2.46. The molecule has 0 radical (unpaired) electrons. The normalized spacial score (nSPS) is 24.5. The van der Waals surface area contributed by atoms with Crippen molar-refractivity contribution < 1.29 is 36.3 Å². The molecule has 0 bridgehead atoms. The Morgan fingerprint density at radius 1 is 1.11 bits per heavy atom. The largest absolute Gasteiger partial charge is 0.336 e. The number of anilines is 1. The van der Waals surface area contributed by atoms with Crippen LogP contribution in [0.15, 0.2) is 18.3 Å². The monoisotopic (exact) mass is 500 g/mol. The molecular weight excluding hydrogens is 479 g/mol. The molecule has 0 unspecified atom stereocenters. The molecule has 2 heterocycles. The number of carbonyl (C=O) groups is 3. The van der Waals surface area contributed by atoms with E-state index in [-0.39, 0.29) is 17.8 Å². The highest BCUT2D eigenvalue weighted by atomic mass is 19.3. The lowest BCUT2D eigenvalue weighted by molar-refractivity contribution is -0.160. The Morgan fingerprint density at radius 2 is 1.74 bits per heavy atom. The van der Waals surface area contributed by atoms with Crippen LogP contribution in [0.5, 0.6) is 0 Å². The van der Waals surface area contributed by atoms with E-state index in [1.54, 1.807) is 6.92 Å². The van der Waals surface area contributed by atoms with Gasteiger partial charge in [-0.15, -0.1) is 5.10 Å². The highest BCUT2D eigenvalue weighted by Crippen LogP contribution is 2.51. The molecule has 2 fully saturated rings. The minimum atomic E-state index is -3.05. The summed E-state index contributed by atoms with van der Waals surface area (Å²) in [5.74, 6) is -11.4. The minimum absolute atomic E-state index is 0.0584. The van der Waals surface area contributed by atoms with Gasteiger partial charge in [0.25, 0.3) is 5.92 Å². The van der Waals surface area contributed by atoms with Crippen molar-refractivity contribution in [2.24, 2.45) is 5.92 Å². The van der Waals surface area contributed by atoms with Crippen LogP contribution in [0, 0.1) is 23.4 Å². The molecule has 3 amide bonds. The zero-order chi connectivity index (χ0) is 25.7. The summed E-state index contributed by atoms with van der Waals surface area (Å²) < 4.78 is 67.4. The number of likely N-dealkylation sites (tertiary alicyclic amines) is 1. The van der Waals surface area contributed by atoms with Crippen LogP contribution in [0.3, 0.4) is 0 Å². The molecular formula is C21H21F5N6O3. The summed E-state index contributed by atoms with van der Waals surface area (Å²) in [7, 11) is 0. The van der Waals surface area contributed by atoms with E-state index in [9.17, 15) is 36.3 Å². The number of benzene rings is 1. The number of H-pyrrole nitrogens is 1. The van der Waals surface area contributed by atoms with Crippen LogP contribution in [-0.4, -0.2) is 56.0 Å². The fourth-order valence-corrected chi connectivity index (χ4v) is 4.84. The van der Waals surface area contributed by atoms with Crippen molar-refractivity contribution in [1.82, 2.24) is 25.6 Å². The van der Waals surface area contributed by atoms with Crippen molar-refractivity contribution in [3.8, 4) is 0 Å². The number of carbonyl (C=O) groups excluding carboxylic acids is 3. The molecule has 0 spiro atoms. The summed E-state index contributed by atoms with van der Waals surface area (Å²) in [6.07, 6.45) is -0.147. The predicted octanol–water partition coefficient (Wildman–Crippen LogP) is 2.23. The number of aromatic amines is 1. The van der Waals surface area contributed by atoms with Crippen molar-refractivity contribution in [1.29, 1.82) is 0 Å². The summed E-state index contributed by atoms with van der Waals surface area (Å²) >= 11 is 0. The number of rotatable bonds is 4. The summed E-state index contributed by atoms with van der Waals surface area (Å²) in [5.41, 5.74) is -1.82. The van der Waals surface area contributed by atoms with Gasteiger partial charge < -0.3 is 15.5 Å². The molecule has 1 aliphatic heterocycles. The molecule has 188 valence electrons. The molecule has 35 heavy (non-hydrogen) atoms. The Kier molecular flexibility index (Phi) is 6.01. The maximum Gasteiger partial charge on any atom is 0.312 e. The summed E-state index contributed by atoms with van der Waals surface area (Å²) in [4.78, 5) is 39.7. The maximum absolute atomic E-state index is 13.7. The van der Waals surface area contributed by atoms with Gasteiger partial charge in [-0.3, -0.25) is 19.5 Å². The number of nitrogens with zero attached hydrogens (tertiary/aromatic N) is 3. The van der Waals surface area contributed by atoms with Gasteiger partial charge in [0.2, 0.25) is 5.91 Å². The molecule has 3 atom stereocenters. The first-order valence-corrected chi connectivity index (χ1v) is 10.7. The van der Waals surface area contributed by atoms with E-state index >= 15 is 0 Å². The lowest BCUT2D eigenvalue weighted by atomic mass is 9.71. The first-order valence-electron chi connectivity index (χ1n) is 10.7. The van der Waals surface area contributed by atoms with Crippen LogP contribution >= 0.6 is 0 Å². The zero-order valence-corrected chi connectivity index (χ0v) is 18.5. The van der Waals surface area contributed by atoms with Crippen LogP contribution in [0.4, 0.5) is 27.6 Å². The third-order valence-electron chi connectivity index (χ3n) is 6.49. The summed E-state index contributed by atoms with van der Waals surface area (Å²) in [6, 6.07) is -0.170. The van der Waals surface area contributed by atoms with Gasteiger partial charge in [-0.1, -0.05) is 5.21 Å². The molecule has 1 saturated carbocycles. The minimum Gasteiger partial charge on any atom is -0.336 e. The van der Waals surface area contributed by atoms with E-state index in [1.165, 1.54) is 13.1 Å². The van der Waals surface area contributed by atoms with Gasteiger partial charge in [-0.2, -0.15) is 0 Å². The van der Waals surface area contributed by atoms with Gasteiger partial charge >= 0.3 is 11.8 Å². The second-order valence-corrected chi connectivity index (χ2v) is 8.99. The van der Waals surface area contributed by atoms with E-state index in [4.69, 9.17) is 0 Å². The van der Waals surface area contributed by atoms with Crippen molar-refractivity contribution in [2.75, 3.05) is 5.32 Å². The van der Waals surface area contributed by atoms with Gasteiger partial charge in [-0.05, 0) is 20.3 Å². The molecule has 14 heteroatoms. The first kappa shape index (κ1) is 24.5. The van der Waals surface area contributed by atoms with Gasteiger partial charge in [0.1, 0.15) is 5.69 Å². The molecule has 2 aliphatic rings. The Bertz CT molecular complexity index is 1140. The number of hydrogen-bond acceptors (Lipinski definition) is 5. The SMILES string of the molecule is C[C@H]1C[C@H](C(=O)Nc2cc(F)c(F)c(F)c2)[C@H](C)N1C(=O)C(=O)NC1(c2c[nH]nn2)CC(F)(F)C1. The second kappa shape index (κ2) is 8.57. The third kappa shape index (κ3) is 4.44. The highest BCUT2D eigenvalue weighted by Gasteiger charge is 2.60. The molecule has 1 aromatic carbocycles. The Labute approximate surface area is 195 Å². The first-order chi connectivity index (χ1) is 16.3. The van der Waals surface area contributed by atoms with Crippen LogP contribution < -0.4 is 10.6 Å². The van der Waals surface area contributed by atoms with E-state index in [1.807, 2.05) is 0 Å². The number of nitrogens with one attached hydrogen (secondary N) is 3. The number of hydrogen-bond donors (Lipinski definition) is 3. The van der Waals surface area contributed by atoms with E-state index in [0.717, 1.165) is 4.90 Å². The molecule has 4 rings (SSSR count). The molecule has 1 aliphatic carbocycles. The van der Waals surface area contributed by atoms with Gasteiger partial charge in [-0.25, -0.2) is 22.0 Å². The average Bonchev–Trinajstić information content (AvgIpc) is 3.38. The van der Waals surface area contributed by atoms with E-state index < -0.39 is 77.5 Å². The van der Waals surface area contributed by atoms with Crippen LogP contribution in [0.2, 0.25) is 0 Å². The quantitative estimate of drug-likeness (QED) is 0.338. The number of alkyl halides is 2. The summed E-state index contributed by atoms with van der Waals surface area (Å²) in [5, 5.41) is 14.2. The Hall–Kier alpha value is -3.58. The van der Waals surface area contributed by atoms with Crippen molar-refractivity contribution in [3.05, 3.63) is 41.5 Å². The number of aromatic nitrogens is 3. The van der Waals surface area contributed by atoms with Crippen LogP contribution in [0.25, 0.3) is 0 Å². The van der Waals surface area contributed by atoms with Crippen molar-refractivity contribution in [2.45, 2.75) is 56.7 Å². The Morgan fingerprint density at radius 3 is 2.29 bits per heavy atom. The number of halogens is 5. The molecule has 3 N–H and O–H groups in total. The topological polar surface area (TPSA) is 120 Å².